The molecule has 0 aromatic carbocycles. The Labute approximate surface area is 98.9 Å². The zero-order valence-corrected chi connectivity index (χ0v) is 10.4. The van der Waals surface area contributed by atoms with Gasteiger partial charge >= 0.3 is 0 Å². The maximum atomic E-state index is 5.62. The van der Waals surface area contributed by atoms with Gasteiger partial charge in [0.25, 0.3) is 0 Å². The maximum Gasteiger partial charge on any atom is 0.0809 e. The van der Waals surface area contributed by atoms with Gasteiger partial charge in [-0.25, -0.2) is 0 Å². The standard InChI is InChI=1S/C13H25NO2/c1-11-4-5-12(9-11)14-6-8-15-10-13-3-2-7-16-13/h11-14H,2-10H2,1H3. The smallest absolute Gasteiger partial charge is 0.0809 e. The maximum absolute atomic E-state index is 5.62. The van der Waals surface area contributed by atoms with Crippen molar-refractivity contribution in [3.63, 3.8) is 0 Å². The van der Waals surface area contributed by atoms with Crippen LogP contribution in [0.25, 0.3) is 0 Å². The van der Waals surface area contributed by atoms with Gasteiger partial charge in [-0.15, -0.1) is 0 Å². The number of ether oxygens (including phenoxy) is 2. The van der Waals surface area contributed by atoms with Crippen LogP contribution >= 0.6 is 0 Å². The van der Waals surface area contributed by atoms with Crippen LogP contribution in [0.2, 0.25) is 0 Å². The Bertz CT molecular complexity index is 192. The molecule has 1 aliphatic heterocycles. The van der Waals surface area contributed by atoms with Gasteiger partial charge in [-0.05, 0) is 38.0 Å². The molecule has 1 saturated carbocycles. The van der Waals surface area contributed by atoms with Gasteiger partial charge in [0.1, 0.15) is 0 Å². The van der Waals surface area contributed by atoms with Gasteiger partial charge in [0.05, 0.1) is 19.3 Å². The summed E-state index contributed by atoms with van der Waals surface area (Å²) in [5, 5.41) is 3.57. The molecule has 0 aromatic rings. The van der Waals surface area contributed by atoms with Crippen LogP contribution in [0.15, 0.2) is 0 Å². The fourth-order valence-corrected chi connectivity index (χ4v) is 2.72. The van der Waals surface area contributed by atoms with Crippen LogP contribution in [0.4, 0.5) is 0 Å². The van der Waals surface area contributed by atoms with Crippen molar-refractivity contribution in [3.05, 3.63) is 0 Å². The summed E-state index contributed by atoms with van der Waals surface area (Å²) in [6.07, 6.45) is 6.80. The molecule has 3 unspecified atom stereocenters. The molecule has 2 aliphatic rings. The van der Waals surface area contributed by atoms with E-state index in [1.807, 2.05) is 0 Å². The van der Waals surface area contributed by atoms with Gasteiger partial charge in [-0.3, -0.25) is 0 Å². The van der Waals surface area contributed by atoms with Crippen molar-refractivity contribution in [2.24, 2.45) is 5.92 Å². The van der Waals surface area contributed by atoms with E-state index in [0.717, 1.165) is 38.3 Å². The predicted octanol–water partition coefficient (Wildman–Crippen LogP) is 1.96. The van der Waals surface area contributed by atoms with E-state index in [2.05, 4.69) is 12.2 Å². The highest BCUT2D eigenvalue weighted by atomic mass is 16.5. The highest BCUT2D eigenvalue weighted by molar-refractivity contribution is 4.77. The molecule has 2 rings (SSSR count). The Balaban J connectivity index is 1.43. The third-order valence-electron chi connectivity index (χ3n) is 3.70. The van der Waals surface area contributed by atoms with E-state index >= 15 is 0 Å². The Morgan fingerprint density at radius 1 is 1.31 bits per heavy atom. The minimum Gasteiger partial charge on any atom is -0.377 e. The van der Waals surface area contributed by atoms with Gasteiger partial charge in [-0.1, -0.05) is 6.92 Å². The van der Waals surface area contributed by atoms with Crippen molar-refractivity contribution < 1.29 is 9.47 Å². The Morgan fingerprint density at radius 2 is 2.25 bits per heavy atom. The summed E-state index contributed by atoms with van der Waals surface area (Å²) in [6.45, 7) is 5.86. The second-order valence-corrected chi connectivity index (χ2v) is 5.28. The molecule has 16 heavy (non-hydrogen) atoms. The van der Waals surface area contributed by atoms with Crippen LogP contribution < -0.4 is 5.32 Å². The van der Waals surface area contributed by atoms with E-state index < -0.39 is 0 Å². The lowest BCUT2D eigenvalue weighted by Crippen LogP contribution is -2.30. The number of hydrogen-bond donors (Lipinski definition) is 1. The fourth-order valence-electron chi connectivity index (χ4n) is 2.72. The summed E-state index contributed by atoms with van der Waals surface area (Å²) in [7, 11) is 0. The van der Waals surface area contributed by atoms with Crippen molar-refractivity contribution in [2.45, 2.75) is 51.2 Å². The van der Waals surface area contributed by atoms with Gasteiger partial charge < -0.3 is 14.8 Å². The van der Waals surface area contributed by atoms with Crippen LogP contribution in [-0.4, -0.2) is 38.5 Å². The lowest BCUT2D eigenvalue weighted by Gasteiger charge is -2.13. The Hall–Kier alpha value is -0.120. The molecule has 3 nitrogen and oxygen atoms in total. The molecule has 1 aliphatic carbocycles. The average Bonchev–Trinajstić information content (AvgIpc) is 2.89. The van der Waals surface area contributed by atoms with Gasteiger partial charge in [0, 0.05) is 19.2 Å². The van der Waals surface area contributed by atoms with Crippen LogP contribution in [-0.2, 0) is 9.47 Å². The normalized spacial score (nSPS) is 34.7. The fraction of sp³-hybridized carbons (Fsp3) is 1.00. The summed E-state index contributed by atoms with van der Waals surface area (Å²) in [6, 6.07) is 0.737. The van der Waals surface area contributed by atoms with Crippen LogP contribution in [0.1, 0.15) is 39.0 Å². The molecule has 0 radical (unpaired) electrons. The van der Waals surface area contributed by atoms with E-state index in [9.17, 15) is 0 Å². The Kier molecular flexibility index (Phi) is 5.07. The quantitative estimate of drug-likeness (QED) is 0.704. The highest BCUT2D eigenvalue weighted by Gasteiger charge is 2.20. The molecule has 0 amide bonds. The molecule has 0 spiro atoms. The second-order valence-electron chi connectivity index (χ2n) is 5.28. The van der Waals surface area contributed by atoms with E-state index in [0.29, 0.717) is 6.10 Å². The molecule has 1 heterocycles. The molecule has 3 atom stereocenters. The molecule has 94 valence electrons. The topological polar surface area (TPSA) is 30.5 Å². The Morgan fingerprint density at radius 3 is 2.94 bits per heavy atom. The summed E-state index contributed by atoms with van der Waals surface area (Å²) >= 11 is 0. The molecule has 3 heteroatoms. The summed E-state index contributed by atoms with van der Waals surface area (Å²) < 4.78 is 11.1. The first-order valence-electron chi connectivity index (χ1n) is 6.77. The van der Waals surface area contributed by atoms with Crippen molar-refractivity contribution in [1.82, 2.24) is 5.32 Å². The second kappa shape index (κ2) is 6.58. The lowest BCUT2D eigenvalue weighted by molar-refractivity contribution is 0.0178. The molecule has 0 aromatic heterocycles. The van der Waals surface area contributed by atoms with Gasteiger partial charge in [0.15, 0.2) is 0 Å². The summed E-state index contributed by atoms with van der Waals surface area (Å²) in [5.41, 5.74) is 0. The number of rotatable bonds is 6. The number of nitrogens with one attached hydrogen (secondary N) is 1. The van der Waals surface area contributed by atoms with E-state index in [1.165, 1.54) is 32.1 Å². The van der Waals surface area contributed by atoms with Crippen molar-refractivity contribution >= 4 is 0 Å². The summed E-state index contributed by atoms with van der Waals surface area (Å²) in [4.78, 5) is 0. The lowest BCUT2D eigenvalue weighted by atomic mass is 10.1. The van der Waals surface area contributed by atoms with E-state index in [1.54, 1.807) is 0 Å². The third-order valence-corrected chi connectivity index (χ3v) is 3.70. The van der Waals surface area contributed by atoms with Crippen LogP contribution in [0, 0.1) is 5.92 Å². The molecular formula is C13H25NO2. The highest BCUT2D eigenvalue weighted by Crippen LogP contribution is 2.24. The summed E-state index contributed by atoms with van der Waals surface area (Å²) in [5.74, 6) is 0.908. The first-order valence-corrected chi connectivity index (χ1v) is 6.77. The SMILES string of the molecule is CC1CCC(NCCOCC2CCCO2)C1. The van der Waals surface area contributed by atoms with Crippen molar-refractivity contribution in [3.8, 4) is 0 Å². The third kappa shape index (κ3) is 4.04. The zero-order chi connectivity index (χ0) is 11.2. The molecule has 1 N–H and O–H groups in total. The van der Waals surface area contributed by atoms with Crippen molar-refractivity contribution in [2.75, 3.05) is 26.4 Å². The van der Waals surface area contributed by atoms with Crippen LogP contribution in [0.5, 0.6) is 0 Å². The van der Waals surface area contributed by atoms with Crippen molar-refractivity contribution in [1.29, 1.82) is 0 Å². The molecule has 2 fully saturated rings. The van der Waals surface area contributed by atoms with Gasteiger partial charge in [-0.2, -0.15) is 0 Å². The monoisotopic (exact) mass is 227 g/mol. The average molecular weight is 227 g/mol. The molecule has 1 saturated heterocycles. The first kappa shape index (κ1) is 12.3. The minimum atomic E-state index is 0.367. The predicted molar refractivity (Wildman–Crippen MR) is 64.6 cm³/mol. The molecule has 0 bridgehead atoms. The van der Waals surface area contributed by atoms with Crippen LogP contribution in [0.3, 0.4) is 0 Å². The van der Waals surface area contributed by atoms with E-state index in [4.69, 9.17) is 9.47 Å². The zero-order valence-electron chi connectivity index (χ0n) is 10.4. The molecular weight excluding hydrogens is 202 g/mol. The first-order chi connectivity index (χ1) is 7.84. The van der Waals surface area contributed by atoms with Gasteiger partial charge in [0.2, 0.25) is 0 Å². The van der Waals surface area contributed by atoms with E-state index in [-0.39, 0.29) is 0 Å². The minimum absolute atomic E-state index is 0.367. The number of hydrogen-bond acceptors (Lipinski definition) is 3. The largest absolute Gasteiger partial charge is 0.377 e.